The number of aromatic nitrogens is 1. The van der Waals surface area contributed by atoms with Gasteiger partial charge in [0.25, 0.3) is 5.69 Å². The van der Waals surface area contributed by atoms with Gasteiger partial charge in [0.1, 0.15) is 6.20 Å². The van der Waals surface area contributed by atoms with Gasteiger partial charge in [-0.2, -0.15) is 0 Å². The second kappa shape index (κ2) is 5.31. The molecule has 0 radical (unpaired) electrons. The Morgan fingerprint density at radius 3 is 2.52 bits per heavy atom. The summed E-state index contributed by atoms with van der Waals surface area (Å²) in [5, 5.41) is 12.9. The molecule has 3 rings (SSSR count). The topological polar surface area (TPSA) is 56.0 Å². The van der Waals surface area contributed by atoms with Crippen LogP contribution in [0.15, 0.2) is 48.7 Å². The second-order valence-corrected chi connectivity index (χ2v) is 5.32. The van der Waals surface area contributed by atoms with Crippen molar-refractivity contribution in [1.29, 1.82) is 0 Å². The Bertz CT molecular complexity index is 865. The highest BCUT2D eigenvalue weighted by Crippen LogP contribution is 2.37. The Morgan fingerprint density at radius 2 is 1.81 bits per heavy atom. The summed E-state index contributed by atoms with van der Waals surface area (Å²) in [4.78, 5) is 15.0. The molecule has 0 saturated carbocycles. The Kier molecular flexibility index (Phi) is 3.49. The van der Waals surface area contributed by atoms with Gasteiger partial charge in [-0.25, -0.2) is 4.98 Å². The van der Waals surface area contributed by atoms with E-state index in [2.05, 4.69) is 4.98 Å². The number of fused-ring (bicyclic) bond motifs is 1. The first-order valence-corrected chi connectivity index (χ1v) is 6.80. The largest absolute Gasteiger partial charge is 0.295 e. The molecular weight excluding hydrogens is 311 g/mol. The van der Waals surface area contributed by atoms with Crippen LogP contribution in [-0.2, 0) is 0 Å². The summed E-state index contributed by atoms with van der Waals surface area (Å²) in [6, 6.07) is 12.0. The summed E-state index contributed by atoms with van der Waals surface area (Å²) < 4.78 is 0. The fraction of sp³-hybridized carbons (Fsp3) is 0. The van der Waals surface area contributed by atoms with E-state index >= 15 is 0 Å². The Hall–Kier alpha value is -2.17. The highest BCUT2D eigenvalue weighted by molar-refractivity contribution is 6.32. The molecule has 2 aromatic carbocycles. The highest BCUT2D eigenvalue weighted by atomic mass is 35.5. The summed E-state index contributed by atoms with van der Waals surface area (Å²) in [7, 11) is 0. The van der Waals surface area contributed by atoms with Crippen LogP contribution in [0.25, 0.3) is 22.0 Å². The molecule has 0 spiro atoms. The molecule has 0 N–H and O–H groups in total. The summed E-state index contributed by atoms with van der Waals surface area (Å²) in [6.07, 6.45) is 1.26. The minimum Gasteiger partial charge on any atom is -0.258 e. The molecule has 0 amide bonds. The van der Waals surface area contributed by atoms with Gasteiger partial charge in [-0.1, -0.05) is 35.3 Å². The number of hydrogen-bond donors (Lipinski definition) is 0. The van der Waals surface area contributed by atoms with Crippen molar-refractivity contribution in [3.63, 3.8) is 0 Å². The van der Waals surface area contributed by atoms with E-state index in [-0.39, 0.29) is 5.69 Å². The lowest BCUT2D eigenvalue weighted by Crippen LogP contribution is -1.95. The second-order valence-electron chi connectivity index (χ2n) is 4.45. The van der Waals surface area contributed by atoms with Crippen LogP contribution in [0.5, 0.6) is 0 Å². The van der Waals surface area contributed by atoms with Gasteiger partial charge in [-0.15, -0.1) is 0 Å². The van der Waals surface area contributed by atoms with Crippen LogP contribution in [0.2, 0.25) is 10.0 Å². The average molecular weight is 319 g/mol. The lowest BCUT2D eigenvalue weighted by atomic mass is 10.00. The smallest absolute Gasteiger partial charge is 0.258 e. The van der Waals surface area contributed by atoms with Crippen molar-refractivity contribution in [2.24, 2.45) is 0 Å². The van der Waals surface area contributed by atoms with E-state index in [1.165, 1.54) is 6.20 Å². The van der Waals surface area contributed by atoms with Gasteiger partial charge in [0.15, 0.2) is 0 Å². The maximum absolute atomic E-state index is 11.3. The van der Waals surface area contributed by atoms with Crippen LogP contribution in [0.4, 0.5) is 5.69 Å². The predicted molar refractivity (Wildman–Crippen MR) is 83.9 cm³/mol. The summed E-state index contributed by atoms with van der Waals surface area (Å²) in [5.41, 5.74) is 1.69. The predicted octanol–water partition coefficient (Wildman–Crippen LogP) is 5.12. The molecule has 104 valence electrons. The first-order valence-electron chi connectivity index (χ1n) is 6.05. The van der Waals surface area contributed by atoms with Crippen molar-refractivity contribution >= 4 is 39.8 Å². The highest BCUT2D eigenvalue weighted by Gasteiger charge is 2.20. The molecule has 21 heavy (non-hydrogen) atoms. The van der Waals surface area contributed by atoms with E-state index in [4.69, 9.17) is 23.2 Å². The molecule has 0 bridgehead atoms. The number of rotatable bonds is 2. The average Bonchev–Trinajstić information content (AvgIpc) is 2.45. The van der Waals surface area contributed by atoms with Gasteiger partial charge >= 0.3 is 0 Å². The summed E-state index contributed by atoms with van der Waals surface area (Å²) in [5.74, 6) is 0. The van der Waals surface area contributed by atoms with Crippen molar-refractivity contribution in [2.45, 2.75) is 0 Å². The monoisotopic (exact) mass is 318 g/mol. The maximum atomic E-state index is 11.3. The van der Waals surface area contributed by atoms with Crippen molar-refractivity contribution in [2.75, 3.05) is 0 Å². The van der Waals surface area contributed by atoms with Gasteiger partial charge in [0.05, 0.1) is 16.0 Å². The number of hydrogen-bond acceptors (Lipinski definition) is 3. The minimum atomic E-state index is -0.455. The Morgan fingerprint density at radius 1 is 1.05 bits per heavy atom. The maximum Gasteiger partial charge on any atom is 0.295 e. The Labute approximate surface area is 130 Å². The molecular formula is C15H8Cl2N2O2. The third-order valence-electron chi connectivity index (χ3n) is 3.12. The number of halogens is 2. The van der Waals surface area contributed by atoms with Crippen LogP contribution >= 0.6 is 23.2 Å². The van der Waals surface area contributed by atoms with E-state index < -0.39 is 4.92 Å². The molecule has 0 unspecified atom stereocenters. The fourth-order valence-electron chi connectivity index (χ4n) is 2.24. The first-order chi connectivity index (χ1) is 10.1. The SMILES string of the molecule is O=[N+]([O-])c1cnc2ccc(Cl)cc2c1-c1cccc(Cl)c1. The molecule has 3 aromatic rings. The third kappa shape index (κ3) is 2.55. The van der Waals surface area contributed by atoms with E-state index in [9.17, 15) is 10.1 Å². The van der Waals surface area contributed by atoms with Gasteiger partial charge in [-0.3, -0.25) is 10.1 Å². The zero-order chi connectivity index (χ0) is 15.0. The molecule has 0 aliphatic carbocycles. The fourth-order valence-corrected chi connectivity index (χ4v) is 2.60. The van der Waals surface area contributed by atoms with Crippen LogP contribution in [0, 0.1) is 10.1 Å². The van der Waals surface area contributed by atoms with Crippen LogP contribution in [0.1, 0.15) is 0 Å². The lowest BCUT2D eigenvalue weighted by Gasteiger charge is -2.08. The molecule has 6 heteroatoms. The van der Waals surface area contributed by atoms with E-state index in [1.54, 1.807) is 42.5 Å². The standard InChI is InChI=1S/C15H8Cl2N2O2/c16-10-3-1-2-9(6-10)15-12-7-11(17)4-5-13(12)18-8-14(15)19(20)21/h1-8H. The van der Waals surface area contributed by atoms with E-state index in [0.29, 0.717) is 32.1 Å². The zero-order valence-corrected chi connectivity index (χ0v) is 12.1. The van der Waals surface area contributed by atoms with E-state index in [1.807, 2.05) is 0 Å². The number of nitro groups is 1. The lowest BCUT2D eigenvalue weighted by molar-refractivity contribution is -0.384. The molecule has 4 nitrogen and oxygen atoms in total. The quantitative estimate of drug-likeness (QED) is 0.487. The third-order valence-corrected chi connectivity index (χ3v) is 3.59. The molecule has 0 aliphatic heterocycles. The van der Waals surface area contributed by atoms with Gasteiger partial charge in [0.2, 0.25) is 0 Å². The van der Waals surface area contributed by atoms with Gasteiger partial charge < -0.3 is 0 Å². The number of pyridine rings is 1. The minimum absolute atomic E-state index is 0.0768. The van der Waals surface area contributed by atoms with Crippen molar-refractivity contribution in [3.8, 4) is 11.1 Å². The van der Waals surface area contributed by atoms with Gasteiger partial charge in [-0.05, 0) is 35.9 Å². The molecule has 0 aliphatic rings. The number of benzene rings is 2. The molecule has 0 fully saturated rings. The number of nitrogens with zero attached hydrogens (tertiary/aromatic N) is 2. The molecule has 1 aromatic heterocycles. The normalized spacial score (nSPS) is 10.8. The summed E-state index contributed by atoms with van der Waals surface area (Å²) >= 11 is 12.0. The van der Waals surface area contributed by atoms with Crippen molar-refractivity contribution in [3.05, 3.63) is 68.8 Å². The van der Waals surface area contributed by atoms with Crippen LogP contribution in [0.3, 0.4) is 0 Å². The van der Waals surface area contributed by atoms with Crippen molar-refractivity contribution < 1.29 is 4.92 Å². The molecule has 0 saturated heterocycles. The molecule has 0 atom stereocenters. The Balaban J connectivity index is 2.44. The van der Waals surface area contributed by atoms with E-state index in [0.717, 1.165) is 0 Å². The summed E-state index contributed by atoms with van der Waals surface area (Å²) in [6.45, 7) is 0. The van der Waals surface area contributed by atoms with Crippen LogP contribution < -0.4 is 0 Å². The molecule has 1 heterocycles. The van der Waals surface area contributed by atoms with Crippen molar-refractivity contribution in [1.82, 2.24) is 4.98 Å². The van der Waals surface area contributed by atoms with Crippen LogP contribution in [-0.4, -0.2) is 9.91 Å². The first kappa shape index (κ1) is 13.8. The van der Waals surface area contributed by atoms with Gasteiger partial charge in [0, 0.05) is 15.4 Å². The zero-order valence-electron chi connectivity index (χ0n) is 10.6.